The molecule has 2 aromatic rings. The van der Waals surface area contributed by atoms with Crippen molar-refractivity contribution in [3.63, 3.8) is 0 Å². The van der Waals surface area contributed by atoms with E-state index in [1.54, 1.807) is 0 Å². The second-order valence-corrected chi connectivity index (χ2v) is 7.39. The predicted octanol–water partition coefficient (Wildman–Crippen LogP) is 3.01. The molecule has 1 heterocycles. The van der Waals surface area contributed by atoms with Gasteiger partial charge >= 0.3 is 0 Å². The summed E-state index contributed by atoms with van der Waals surface area (Å²) in [6.45, 7) is 2.18. The number of hydrazone groups is 1. The first-order valence-corrected chi connectivity index (χ1v) is 9.20. The van der Waals surface area contributed by atoms with Crippen molar-refractivity contribution < 1.29 is 14.8 Å². The number of amides is 1. The van der Waals surface area contributed by atoms with Gasteiger partial charge in [-0.2, -0.15) is 5.10 Å². The molecule has 3 rings (SSSR count). The van der Waals surface area contributed by atoms with Crippen LogP contribution in [0.5, 0.6) is 5.75 Å². The summed E-state index contributed by atoms with van der Waals surface area (Å²) in [6, 6.07) is 5.29. The summed E-state index contributed by atoms with van der Waals surface area (Å²) in [4.78, 5) is 24.3. The largest absolute Gasteiger partial charge is 0.872 e. The highest BCUT2D eigenvalue weighted by molar-refractivity contribution is 7.14. The van der Waals surface area contributed by atoms with Gasteiger partial charge < -0.3 is 5.11 Å². The van der Waals surface area contributed by atoms with E-state index in [1.165, 1.54) is 21.8 Å². The number of carbonyl (C=O) groups excluding carboxylic acids is 1. The summed E-state index contributed by atoms with van der Waals surface area (Å²) in [5.41, 5.74) is 3.48. The van der Waals surface area contributed by atoms with E-state index in [0.717, 1.165) is 50.1 Å². The molecule has 1 aromatic heterocycles. The van der Waals surface area contributed by atoms with Gasteiger partial charge in [0.25, 0.3) is 11.6 Å². The molecule has 1 aliphatic rings. The molecule has 0 bridgehead atoms. The maximum absolute atomic E-state index is 12.3. The first kappa shape index (κ1) is 18.1. The van der Waals surface area contributed by atoms with Crippen LogP contribution in [-0.2, 0) is 12.8 Å². The third-order valence-corrected chi connectivity index (χ3v) is 5.80. The molecule has 0 saturated heterocycles. The van der Waals surface area contributed by atoms with Crippen LogP contribution in [0.1, 0.15) is 45.4 Å². The van der Waals surface area contributed by atoms with Crippen LogP contribution < -0.4 is 10.5 Å². The number of hydrogen-bond donors (Lipinski definition) is 1. The molecule has 0 unspecified atom stereocenters. The van der Waals surface area contributed by atoms with E-state index in [1.807, 2.05) is 6.07 Å². The van der Waals surface area contributed by atoms with Crippen molar-refractivity contribution in [1.82, 2.24) is 5.43 Å². The molecule has 26 heavy (non-hydrogen) atoms. The Bertz CT molecular complexity index is 875. The lowest BCUT2D eigenvalue weighted by molar-refractivity contribution is -0.385. The summed E-state index contributed by atoms with van der Waals surface area (Å²) in [5, 5.41) is 26.2. The van der Waals surface area contributed by atoms with E-state index in [9.17, 15) is 20.0 Å². The maximum Gasteiger partial charge on any atom is 0.281 e. The molecule has 8 heteroatoms. The normalized spacial score (nSPS) is 16.4. The van der Waals surface area contributed by atoms with Gasteiger partial charge in [0.1, 0.15) is 0 Å². The Kier molecular flexibility index (Phi) is 5.32. The number of non-ortho nitro benzene ring substituents is 1. The summed E-state index contributed by atoms with van der Waals surface area (Å²) in [7, 11) is 0. The maximum atomic E-state index is 12.3. The van der Waals surface area contributed by atoms with Gasteiger partial charge in [-0.05, 0) is 42.4 Å². The van der Waals surface area contributed by atoms with Crippen LogP contribution in [0.4, 0.5) is 5.69 Å². The van der Waals surface area contributed by atoms with Crippen LogP contribution in [0.15, 0.2) is 29.4 Å². The summed E-state index contributed by atoms with van der Waals surface area (Å²) in [5.74, 6) is -0.0623. The van der Waals surface area contributed by atoms with Gasteiger partial charge in [0.15, 0.2) is 0 Å². The van der Waals surface area contributed by atoms with Gasteiger partial charge in [-0.25, -0.2) is 5.43 Å². The monoisotopic (exact) mass is 372 g/mol. The molecule has 1 aliphatic carbocycles. The molecule has 0 saturated carbocycles. The number of benzene rings is 1. The van der Waals surface area contributed by atoms with Crippen molar-refractivity contribution in [3.8, 4) is 5.75 Å². The third-order valence-electron chi connectivity index (χ3n) is 4.56. The summed E-state index contributed by atoms with van der Waals surface area (Å²) < 4.78 is 0. The number of hydrogen-bond acceptors (Lipinski definition) is 6. The number of nitrogens with one attached hydrogen (secondary N) is 1. The van der Waals surface area contributed by atoms with E-state index in [0.29, 0.717) is 10.8 Å². The van der Waals surface area contributed by atoms with Crippen molar-refractivity contribution in [2.45, 2.75) is 32.6 Å². The second kappa shape index (κ2) is 7.65. The summed E-state index contributed by atoms with van der Waals surface area (Å²) >= 11 is 1.47. The molecule has 1 N–H and O–H groups in total. The van der Waals surface area contributed by atoms with Crippen LogP contribution in [0.3, 0.4) is 0 Å². The lowest BCUT2D eigenvalue weighted by Crippen LogP contribution is -2.16. The van der Waals surface area contributed by atoms with Gasteiger partial charge in [0.05, 0.1) is 16.0 Å². The van der Waals surface area contributed by atoms with Crippen LogP contribution in [-0.4, -0.2) is 17.0 Å². The Balaban J connectivity index is 1.68. The molecular weight excluding hydrogens is 354 g/mol. The van der Waals surface area contributed by atoms with Crippen LogP contribution in [0.2, 0.25) is 0 Å². The Morgan fingerprint density at radius 2 is 2.27 bits per heavy atom. The average Bonchev–Trinajstić information content (AvgIpc) is 3.06. The highest BCUT2D eigenvalue weighted by Crippen LogP contribution is 2.33. The number of aryl methyl sites for hydroxylation is 1. The molecule has 1 amide bonds. The van der Waals surface area contributed by atoms with Crippen molar-refractivity contribution in [2.75, 3.05) is 0 Å². The van der Waals surface area contributed by atoms with Crippen molar-refractivity contribution >= 4 is 29.1 Å². The number of rotatable bonds is 5. The molecule has 1 aromatic carbocycles. The predicted molar refractivity (Wildman–Crippen MR) is 97.7 cm³/mol. The number of nitro groups is 1. The first-order valence-electron chi connectivity index (χ1n) is 8.38. The highest BCUT2D eigenvalue weighted by Gasteiger charge is 2.21. The molecule has 0 fully saturated rings. The molecular formula is C18H18N3O4S-. The van der Waals surface area contributed by atoms with Gasteiger partial charge in [-0.1, -0.05) is 25.2 Å². The smallest absolute Gasteiger partial charge is 0.281 e. The number of nitrogens with zero attached hydrogens (tertiary/aromatic N) is 2. The van der Waals surface area contributed by atoms with Gasteiger partial charge in [0, 0.05) is 17.0 Å². The molecule has 0 radical (unpaired) electrons. The number of carbonyl (C=O) groups is 1. The van der Waals surface area contributed by atoms with Crippen LogP contribution in [0, 0.1) is 16.0 Å². The Labute approximate surface area is 154 Å². The van der Waals surface area contributed by atoms with E-state index < -0.39 is 10.7 Å². The lowest BCUT2D eigenvalue weighted by atomic mass is 9.87. The van der Waals surface area contributed by atoms with Gasteiger partial charge in [0.2, 0.25) is 0 Å². The fourth-order valence-electron chi connectivity index (χ4n) is 3.03. The second-order valence-electron chi connectivity index (χ2n) is 6.25. The van der Waals surface area contributed by atoms with E-state index in [2.05, 4.69) is 17.5 Å². The minimum Gasteiger partial charge on any atom is -0.872 e. The van der Waals surface area contributed by atoms with E-state index in [-0.39, 0.29) is 17.2 Å². The Morgan fingerprint density at radius 3 is 3.00 bits per heavy atom. The molecule has 136 valence electrons. The number of nitro benzene ring substituents is 1. The highest BCUT2D eigenvalue weighted by atomic mass is 32.1. The van der Waals surface area contributed by atoms with Crippen molar-refractivity contribution in [3.05, 3.63) is 55.3 Å². The summed E-state index contributed by atoms with van der Waals surface area (Å²) in [6.07, 6.45) is 5.44. The topological polar surface area (TPSA) is 108 Å². The molecule has 0 spiro atoms. The van der Waals surface area contributed by atoms with Gasteiger partial charge in [-0.3, -0.25) is 14.9 Å². The molecule has 0 aliphatic heterocycles. The zero-order valence-corrected chi connectivity index (χ0v) is 15.0. The number of fused-ring (bicyclic) bond motifs is 1. The fourth-order valence-corrected chi connectivity index (χ4v) is 4.12. The standard InChI is InChI=1S/C18H19N3O4S/c1-2-11-3-6-16-12(7-11)9-17(26-16)18(23)20-19-10-13-8-14(21(24)25)4-5-15(13)22/h4-5,8-11,22H,2-3,6-7H2,1H3,(H,20,23)/p-1/b19-10-/t11-/m1/s1. The van der Waals surface area contributed by atoms with Gasteiger partial charge in [-0.15, -0.1) is 11.3 Å². The first-order chi connectivity index (χ1) is 12.5. The SMILES string of the molecule is CC[C@@H]1CCc2sc(C(=O)N/N=C\c3cc([N+](=O)[O-])ccc3[O-])cc2C1. The molecule has 7 nitrogen and oxygen atoms in total. The quantitative estimate of drug-likeness (QED) is 0.494. The minimum absolute atomic E-state index is 0.0516. The zero-order chi connectivity index (χ0) is 18.7. The lowest BCUT2D eigenvalue weighted by Gasteiger charge is -2.19. The zero-order valence-electron chi connectivity index (χ0n) is 14.2. The Morgan fingerprint density at radius 1 is 1.46 bits per heavy atom. The molecule has 1 atom stereocenters. The van der Waals surface area contributed by atoms with Crippen molar-refractivity contribution in [2.24, 2.45) is 11.0 Å². The number of thiophene rings is 1. The van der Waals surface area contributed by atoms with Crippen LogP contribution in [0.25, 0.3) is 0 Å². The third kappa shape index (κ3) is 3.91. The fraction of sp³-hybridized carbons (Fsp3) is 0.333. The van der Waals surface area contributed by atoms with E-state index in [4.69, 9.17) is 0 Å². The van der Waals surface area contributed by atoms with Crippen LogP contribution >= 0.6 is 11.3 Å². The average molecular weight is 372 g/mol. The minimum atomic E-state index is -0.588. The Hall–Kier alpha value is -2.74. The van der Waals surface area contributed by atoms with Crippen molar-refractivity contribution in [1.29, 1.82) is 0 Å². The van der Waals surface area contributed by atoms with E-state index >= 15 is 0 Å².